The van der Waals surface area contributed by atoms with Crippen LogP contribution in [0.5, 0.6) is 5.75 Å². The fraction of sp³-hybridized carbons (Fsp3) is 0.310. The van der Waals surface area contributed by atoms with Gasteiger partial charge in [0.05, 0.1) is 5.02 Å². The van der Waals surface area contributed by atoms with Crippen molar-refractivity contribution < 1.29 is 14.3 Å². The number of rotatable bonds is 10. The highest BCUT2D eigenvalue weighted by Crippen LogP contribution is 2.28. The van der Waals surface area contributed by atoms with Crippen molar-refractivity contribution in [1.82, 2.24) is 10.2 Å². The minimum absolute atomic E-state index is 0.0981. The number of benzene rings is 3. The van der Waals surface area contributed by atoms with E-state index in [1.807, 2.05) is 30.3 Å². The quantitative estimate of drug-likeness (QED) is 0.267. The van der Waals surface area contributed by atoms with E-state index in [0.717, 1.165) is 31.2 Å². The number of halogens is 4. The lowest BCUT2D eigenvalue weighted by Crippen LogP contribution is -2.53. The van der Waals surface area contributed by atoms with Crippen molar-refractivity contribution in [3.63, 3.8) is 0 Å². The van der Waals surface area contributed by atoms with E-state index in [1.165, 1.54) is 4.90 Å². The van der Waals surface area contributed by atoms with E-state index < -0.39 is 6.04 Å². The lowest BCUT2D eigenvalue weighted by Gasteiger charge is -2.32. The van der Waals surface area contributed by atoms with Gasteiger partial charge >= 0.3 is 0 Å². The molecule has 0 saturated heterocycles. The Morgan fingerprint density at radius 3 is 2.21 bits per heavy atom. The number of nitrogens with zero attached hydrogens (tertiary/aromatic N) is 1. The van der Waals surface area contributed by atoms with E-state index in [2.05, 4.69) is 5.32 Å². The Bertz CT molecular complexity index is 1270. The third kappa shape index (κ3) is 7.79. The van der Waals surface area contributed by atoms with Gasteiger partial charge in [-0.15, -0.1) is 0 Å². The Hall–Kier alpha value is -2.44. The summed E-state index contributed by atoms with van der Waals surface area (Å²) in [4.78, 5) is 29.0. The summed E-state index contributed by atoms with van der Waals surface area (Å²) in [6.07, 6.45) is 4.34. The van der Waals surface area contributed by atoms with Crippen LogP contribution in [0.3, 0.4) is 0 Å². The van der Waals surface area contributed by atoms with Gasteiger partial charge in [0.25, 0.3) is 5.91 Å². The zero-order valence-corrected chi connectivity index (χ0v) is 23.7. The Morgan fingerprint density at radius 1 is 0.895 bits per heavy atom. The average molecular weight is 594 g/mol. The second-order valence-corrected chi connectivity index (χ2v) is 11.0. The lowest BCUT2D eigenvalue weighted by molar-refractivity contribution is -0.143. The number of hydrogen-bond acceptors (Lipinski definition) is 3. The van der Waals surface area contributed by atoms with Crippen LogP contribution < -0.4 is 10.1 Å². The van der Waals surface area contributed by atoms with Gasteiger partial charge in [0, 0.05) is 34.1 Å². The molecule has 0 radical (unpaired) electrons. The molecule has 3 aromatic carbocycles. The zero-order chi connectivity index (χ0) is 27.1. The molecule has 200 valence electrons. The van der Waals surface area contributed by atoms with Crippen molar-refractivity contribution in [2.45, 2.75) is 50.7 Å². The highest BCUT2D eigenvalue weighted by Gasteiger charge is 2.33. The monoisotopic (exact) mass is 592 g/mol. The molecule has 9 heteroatoms. The number of ether oxygens (including phenoxy) is 1. The molecule has 0 aromatic heterocycles. The number of hydrogen-bond donors (Lipinski definition) is 1. The Kier molecular flexibility index (Phi) is 10.2. The van der Waals surface area contributed by atoms with Crippen molar-refractivity contribution in [3.05, 3.63) is 97.9 Å². The van der Waals surface area contributed by atoms with Crippen molar-refractivity contribution in [3.8, 4) is 5.75 Å². The molecule has 0 unspecified atom stereocenters. The highest BCUT2D eigenvalue weighted by molar-refractivity contribution is 6.35. The lowest BCUT2D eigenvalue weighted by atomic mass is 10.0. The standard InChI is InChI=1S/C29H28Cl4N2O3/c30-21-11-10-20(24(32)15-21)17-35(28(36)18-38-27-13-12-22(31)16-25(27)33)26(14-19-6-2-1-3-7-19)29(37)34-23-8-4-5-9-23/h1-3,6-7,10-13,15-16,23,26H,4-5,8-9,14,17-18H2,(H,34,37)/t26-/m1/s1. The highest BCUT2D eigenvalue weighted by atomic mass is 35.5. The first-order valence-electron chi connectivity index (χ1n) is 12.5. The van der Waals surface area contributed by atoms with Gasteiger partial charge in [-0.05, 0) is 54.3 Å². The van der Waals surface area contributed by atoms with Gasteiger partial charge in [-0.25, -0.2) is 0 Å². The van der Waals surface area contributed by atoms with Gasteiger partial charge in [-0.1, -0.05) is 95.6 Å². The molecule has 1 N–H and O–H groups in total. The molecule has 2 amide bonds. The molecular weight excluding hydrogens is 566 g/mol. The predicted octanol–water partition coefficient (Wildman–Crippen LogP) is 7.38. The summed E-state index contributed by atoms with van der Waals surface area (Å²) < 4.78 is 5.77. The first-order valence-corrected chi connectivity index (χ1v) is 14.0. The van der Waals surface area contributed by atoms with Crippen molar-refractivity contribution in [2.75, 3.05) is 6.61 Å². The summed E-state index contributed by atoms with van der Waals surface area (Å²) in [5.74, 6) is -0.267. The van der Waals surface area contributed by atoms with Crippen LogP contribution in [0.25, 0.3) is 0 Å². The maximum atomic E-state index is 13.7. The van der Waals surface area contributed by atoms with E-state index in [-0.39, 0.29) is 36.0 Å². The first-order chi connectivity index (χ1) is 18.3. The van der Waals surface area contributed by atoms with Gasteiger partial charge in [0.2, 0.25) is 5.91 Å². The van der Waals surface area contributed by atoms with Crippen LogP contribution >= 0.6 is 46.4 Å². The molecule has 1 saturated carbocycles. The maximum Gasteiger partial charge on any atom is 0.261 e. The van der Waals surface area contributed by atoms with Crippen LogP contribution in [-0.4, -0.2) is 35.4 Å². The zero-order valence-electron chi connectivity index (χ0n) is 20.6. The summed E-state index contributed by atoms with van der Waals surface area (Å²) in [6.45, 7) is -0.226. The van der Waals surface area contributed by atoms with E-state index >= 15 is 0 Å². The summed E-state index contributed by atoms with van der Waals surface area (Å²) in [5.41, 5.74) is 1.60. The van der Waals surface area contributed by atoms with Crippen LogP contribution in [0.2, 0.25) is 20.1 Å². The van der Waals surface area contributed by atoms with E-state index in [0.29, 0.717) is 32.8 Å². The third-order valence-electron chi connectivity index (χ3n) is 6.57. The van der Waals surface area contributed by atoms with E-state index in [4.69, 9.17) is 51.1 Å². The van der Waals surface area contributed by atoms with Gasteiger partial charge in [0.1, 0.15) is 11.8 Å². The molecular formula is C29H28Cl4N2O3. The van der Waals surface area contributed by atoms with Crippen LogP contribution in [0.15, 0.2) is 66.7 Å². The molecule has 0 heterocycles. The third-order valence-corrected chi connectivity index (χ3v) is 7.69. The van der Waals surface area contributed by atoms with Crippen molar-refractivity contribution >= 4 is 58.2 Å². The fourth-order valence-electron chi connectivity index (χ4n) is 4.57. The number of nitrogens with one attached hydrogen (secondary N) is 1. The number of carbonyl (C=O) groups is 2. The van der Waals surface area contributed by atoms with Crippen LogP contribution in [0, 0.1) is 0 Å². The number of amides is 2. The second-order valence-electron chi connectivity index (χ2n) is 9.32. The normalized spacial score (nSPS) is 14.2. The summed E-state index contributed by atoms with van der Waals surface area (Å²) in [5, 5.41) is 4.81. The molecule has 5 nitrogen and oxygen atoms in total. The maximum absolute atomic E-state index is 13.7. The molecule has 38 heavy (non-hydrogen) atoms. The van der Waals surface area contributed by atoms with E-state index in [1.54, 1.807) is 36.4 Å². The predicted molar refractivity (Wildman–Crippen MR) is 153 cm³/mol. The Morgan fingerprint density at radius 2 is 1.55 bits per heavy atom. The molecule has 1 fully saturated rings. The molecule has 0 spiro atoms. The SMILES string of the molecule is O=C(NC1CCCC1)[C@@H](Cc1ccccc1)N(Cc1ccc(Cl)cc1Cl)C(=O)COc1ccc(Cl)cc1Cl. The number of carbonyl (C=O) groups excluding carboxylic acids is 2. The fourth-order valence-corrected chi connectivity index (χ4v) is 5.50. The average Bonchev–Trinajstić information content (AvgIpc) is 3.40. The van der Waals surface area contributed by atoms with Gasteiger partial charge < -0.3 is 15.0 Å². The smallest absolute Gasteiger partial charge is 0.261 e. The largest absolute Gasteiger partial charge is 0.482 e. The van der Waals surface area contributed by atoms with Crippen molar-refractivity contribution in [1.29, 1.82) is 0 Å². The van der Waals surface area contributed by atoms with Gasteiger partial charge in [-0.2, -0.15) is 0 Å². The second kappa shape index (κ2) is 13.6. The molecule has 3 aromatic rings. The molecule has 0 aliphatic heterocycles. The molecule has 1 aliphatic carbocycles. The van der Waals surface area contributed by atoms with Crippen LogP contribution in [0.4, 0.5) is 0 Å². The van der Waals surface area contributed by atoms with E-state index in [9.17, 15) is 9.59 Å². The Balaban J connectivity index is 1.64. The minimum atomic E-state index is -0.790. The van der Waals surface area contributed by atoms with Gasteiger partial charge in [-0.3, -0.25) is 9.59 Å². The first kappa shape index (κ1) is 28.6. The summed E-state index contributed by atoms with van der Waals surface area (Å²) in [7, 11) is 0. The topological polar surface area (TPSA) is 58.6 Å². The molecule has 1 atom stereocenters. The van der Waals surface area contributed by atoms with Crippen LogP contribution in [0.1, 0.15) is 36.8 Å². The molecule has 4 rings (SSSR count). The molecule has 1 aliphatic rings. The summed E-state index contributed by atoms with van der Waals surface area (Å²) >= 11 is 24.8. The van der Waals surface area contributed by atoms with Crippen molar-refractivity contribution in [2.24, 2.45) is 0 Å². The van der Waals surface area contributed by atoms with Gasteiger partial charge in [0.15, 0.2) is 6.61 Å². The molecule has 0 bridgehead atoms. The van der Waals surface area contributed by atoms with Crippen LogP contribution in [-0.2, 0) is 22.6 Å². The Labute approximate surface area is 243 Å². The summed E-state index contributed by atoms with van der Waals surface area (Å²) in [6, 6.07) is 18.8. The minimum Gasteiger partial charge on any atom is -0.482 e.